The Morgan fingerprint density at radius 2 is 1.86 bits per heavy atom. The maximum absolute atomic E-state index is 13.9. The molecule has 0 radical (unpaired) electrons. The molecule has 3 heterocycles. The van der Waals surface area contributed by atoms with E-state index in [0.29, 0.717) is 59.0 Å². The van der Waals surface area contributed by atoms with Gasteiger partial charge in [0.2, 0.25) is 5.91 Å². The summed E-state index contributed by atoms with van der Waals surface area (Å²) in [5, 5.41) is 3.87. The van der Waals surface area contributed by atoms with E-state index in [0.717, 1.165) is 18.9 Å². The Kier molecular flexibility index (Phi) is 6.51. The van der Waals surface area contributed by atoms with Crippen LogP contribution in [0.15, 0.2) is 30.5 Å². The number of benzene rings is 1. The minimum Gasteiger partial charge on any atom is -0.363 e. The Morgan fingerprint density at radius 1 is 1.16 bits per heavy atom. The number of carbonyl (C=O) groups excluding carboxylic acids is 1. The summed E-state index contributed by atoms with van der Waals surface area (Å²) in [5.41, 5.74) is 1.02. The van der Waals surface area contributed by atoms with Crippen molar-refractivity contribution in [2.45, 2.75) is 45.8 Å². The minimum absolute atomic E-state index is 0.132. The Labute approximate surface area is 213 Å². The normalized spacial score (nSPS) is 18.6. The lowest BCUT2D eigenvalue weighted by atomic mass is 9.97. The number of alkyl halides is 3. The molecule has 0 bridgehead atoms. The van der Waals surface area contributed by atoms with Crippen LogP contribution in [0.5, 0.6) is 0 Å². The fourth-order valence-corrected chi connectivity index (χ4v) is 7.45. The van der Waals surface area contributed by atoms with Gasteiger partial charge in [-0.3, -0.25) is 9.78 Å². The van der Waals surface area contributed by atoms with Crippen molar-refractivity contribution in [1.29, 1.82) is 0 Å². The molecule has 196 valence electrons. The predicted octanol–water partition coefficient (Wildman–Crippen LogP) is 5.07. The molecule has 5 rings (SSSR count). The third-order valence-electron chi connectivity index (χ3n) is 7.30. The van der Waals surface area contributed by atoms with Gasteiger partial charge in [0.1, 0.15) is 24.2 Å². The van der Waals surface area contributed by atoms with E-state index in [9.17, 15) is 22.5 Å². The molecule has 1 amide bonds. The van der Waals surface area contributed by atoms with E-state index in [4.69, 9.17) is 0 Å². The quantitative estimate of drug-likeness (QED) is 0.463. The lowest BCUT2D eigenvalue weighted by molar-refractivity contribution is -0.138. The highest BCUT2D eigenvalue weighted by molar-refractivity contribution is 7.71. The van der Waals surface area contributed by atoms with Crippen LogP contribution in [0.3, 0.4) is 0 Å². The number of fused-ring (bicyclic) bond motifs is 1. The standard InChI is InChI=1S/C26H29F3N5O2P/c1-15-19(5-4-6-21(15)26(27,28)29)16(2)31-24-20-13-23(30-14-22(20)32-17(3)33-24)37(36)11-9-34(10-12-37)25(35)18-7-8-18/h4-6,13-14,16,18H,7-12H2,1-3H3,(H,31,32,33)/t16-/m1/s1. The fraction of sp³-hybridized carbons (Fsp3) is 0.462. The van der Waals surface area contributed by atoms with Gasteiger partial charge in [0.15, 0.2) is 0 Å². The number of halogens is 3. The average molecular weight is 532 g/mol. The molecular formula is C26H29F3N5O2P. The number of nitrogens with one attached hydrogen (secondary N) is 1. The molecule has 1 aliphatic carbocycles. The number of amides is 1. The highest BCUT2D eigenvalue weighted by Crippen LogP contribution is 2.47. The zero-order valence-corrected chi connectivity index (χ0v) is 21.9. The largest absolute Gasteiger partial charge is 0.416 e. The number of hydrogen-bond donors (Lipinski definition) is 1. The number of aromatic nitrogens is 3. The van der Waals surface area contributed by atoms with Gasteiger partial charge >= 0.3 is 6.18 Å². The number of carbonyl (C=O) groups is 1. The molecule has 0 spiro atoms. The van der Waals surface area contributed by atoms with Crippen molar-refractivity contribution in [1.82, 2.24) is 19.9 Å². The van der Waals surface area contributed by atoms with Gasteiger partial charge in [-0.15, -0.1) is 0 Å². The third kappa shape index (κ3) is 5.08. The molecule has 3 aromatic rings. The summed E-state index contributed by atoms with van der Waals surface area (Å²) in [6, 6.07) is 5.40. The van der Waals surface area contributed by atoms with Crippen molar-refractivity contribution in [2.75, 3.05) is 30.7 Å². The average Bonchev–Trinajstić information content (AvgIpc) is 3.69. The molecule has 0 unspecified atom stereocenters. The molecule has 7 nitrogen and oxygen atoms in total. The first-order valence-electron chi connectivity index (χ1n) is 12.4. The topological polar surface area (TPSA) is 88.1 Å². The van der Waals surface area contributed by atoms with Crippen molar-refractivity contribution in [3.05, 3.63) is 53.0 Å². The highest BCUT2D eigenvalue weighted by atomic mass is 31.2. The van der Waals surface area contributed by atoms with Gasteiger partial charge in [-0.05, 0) is 56.9 Å². The van der Waals surface area contributed by atoms with E-state index in [-0.39, 0.29) is 17.4 Å². The summed E-state index contributed by atoms with van der Waals surface area (Å²) < 4.78 is 54.2. The Bertz CT molecular complexity index is 1410. The molecule has 1 aliphatic heterocycles. The molecule has 11 heteroatoms. The zero-order chi connectivity index (χ0) is 26.5. The predicted molar refractivity (Wildman–Crippen MR) is 137 cm³/mol. The smallest absolute Gasteiger partial charge is 0.363 e. The van der Waals surface area contributed by atoms with E-state index >= 15 is 0 Å². The van der Waals surface area contributed by atoms with Crippen LogP contribution in [0.1, 0.15) is 48.3 Å². The molecule has 2 aliphatic rings. The van der Waals surface area contributed by atoms with Crippen LogP contribution in [0.2, 0.25) is 0 Å². The zero-order valence-electron chi connectivity index (χ0n) is 21.0. The van der Waals surface area contributed by atoms with Gasteiger partial charge in [-0.2, -0.15) is 13.2 Å². The van der Waals surface area contributed by atoms with Crippen LogP contribution in [-0.2, 0) is 15.5 Å². The first-order valence-corrected chi connectivity index (χ1v) is 14.5. The molecule has 2 fully saturated rings. The lowest BCUT2D eigenvalue weighted by Gasteiger charge is -2.32. The molecular weight excluding hydrogens is 502 g/mol. The Morgan fingerprint density at radius 3 is 2.51 bits per heavy atom. The SMILES string of the molecule is Cc1nc(N[C@H](C)c2cccc(C(F)(F)F)c2C)c2cc(P3(=O)CCN(C(=O)C4CC4)CC3)ncc2n1. The summed E-state index contributed by atoms with van der Waals surface area (Å²) in [4.78, 5) is 27.7. The van der Waals surface area contributed by atoms with Crippen molar-refractivity contribution in [2.24, 2.45) is 5.92 Å². The maximum Gasteiger partial charge on any atom is 0.416 e. The monoisotopic (exact) mass is 531 g/mol. The van der Waals surface area contributed by atoms with E-state index in [1.807, 2.05) is 4.90 Å². The number of anilines is 1. The van der Waals surface area contributed by atoms with Crippen LogP contribution >= 0.6 is 7.14 Å². The van der Waals surface area contributed by atoms with Crippen LogP contribution in [-0.4, -0.2) is 51.2 Å². The molecule has 1 atom stereocenters. The van der Waals surface area contributed by atoms with Crippen molar-refractivity contribution < 1.29 is 22.5 Å². The highest BCUT2D eigenvalue weighted by Gasteiger charge is 2.39. The van der Waals surface area contributed by atoms with Gasteiger partial charge < -0.3 is 14.8 Å². The second-order valence-electron chi connectivity index (χ2n) is 10.00. The van der Waals surface area contributed by atoms with E-state index in [2.05, 4.69) is 20.3 Å². The lowest BCUT2D eigenvalue weighted by Crippen LogP contribution is -2.42. The summed E-state index contributed by atoms with van der Waals surface area (Å²) in [6.45, 7) is 5.88. The summed E-state index contributed by atoms with van der Waals surface area (Å²) >= 11 is 0. The Balaban J connectivity index is 1.44. The van der Waals surface area contributed by atoms with Crippen LogP contribution < -0.4 is 10.8 Å². The molecule has 1 aromatic carbocycles. The first-order chi connectivity index (χ1) is 17.5. The van der Waals surface area contributed by atoms with Gasteiger partial charge in [0, 0.05) is 36.7 Å². The number of aryl methyl sites for hydroxylation is 1. The molecule has 2 aromatic heterocycles. The van der Waals surface area contributed by atoms with Crippen LogP contribution in [0.25, 0.3) is 10.9 Å². The van der Waals surface area contributed by atoms with E-state index in [1.165, 1.54) is 13.0 Å². The van der Waals surface area contributed by atoms with Crippen molar-refractivity contribution >= 4 is 35.2 Å². The molecule has 37 heavy (non-hydrogen) atoms. The number of nitrogens with zero attached hydrogens (tertiary/aromatic N) is 4. The first kappa shape index (κ1) is 25.6. The van der Waals surface area contributed by atoms with Gasteiger partial charge in [-0.1, -0.05) is 12.1 Å². The van der Waals surface area contributed by atoms with E-state index < -0.39 is 24.9 Å². The Hall–Kier alpha value is -3.00. The summed E-state index contributed by atoms with van der Waals surface area (Å²) in [7, 11) is -2.83. The number of rotatable bonds is 5. The molecule has 1 N–H and O–H groups in total. The fourth-order valence-electron chi connectivity index (χ4n) is 5.01. The van der Waals surface area contributed by atoms with Crippen molar-refractivity contribution in [3.63, 3.8) is 0 Å². The van der Waals surface area contributed by atoms with Gasteiger partial charge in [-0.25, -0.2) is 9.97 Å². The third-order valence-corrected chi connectivity index (χ3v) is 10.2. The van der Waals surface area contributed by atoms with Crippen LogP contribution in [0.4, 0.5) is 19.0 Å². The second kappa shape index (κ2) is 9.39. The second-order valence-corrected chi connectivity index (χ2v) is 13.1. The van der Waals surface area contributed by atoms with Crippen molar-refractivity contribution in [3.8, 4) is 0 Å². The number of pyridine rings is 1. The van der Waals surface area contributed by atoms with Gasteiger partial charge in [0.05, 0.1) is 23.3 Å². The minimum atomic E-state index is -4.44. The van der Waals surface area contributed by atoms with Crippen LogP contribution in [0, 0.1) is 19.8 Å². The molecule has 1 saturated heterocycles. The molecule has 1 saturated carbocycles. The maximum atomic E-state index is 13.9. The number of hydrogen-bond acceptors (Lipinski definition) is 6. The van der Waals surface area contributed by atoms with Gasteiger partial charge in [0.25, 0.3) is 0 Å². The summed E-state index contributed by atoms with van der Waals surface area (Å²) in [5.74, 6) is 1.22. The van der Waals surface area contributed by atoms with E-state index in [1.54, 1.807) is 32.2 Å². The summed E-state index contributed by atoms with van der Waals surface area (Å²) in [6.07, 6.45) is -0.242.